The Morgan fingerprint density at radius 3 is 2.65 bits per heavy atom. The fourth-order valence-electron chi connectivity index (χ4n) is 2.29. The van der Waals surface area contributed by atoms with Crippen molar-refractivity contribution in [2.75, 3.05) is 7.11 Å². The maximum Gasteiger partial charge on any atom is 0.0835 e. The number of halogens is 1. The summed E-state index contributed by atoms with van der Waals surface area (Å²) in [4.78, 5) is 0. The van der Waals surface area contributed by atoms with Crippen LogP contribution in [0.25, 0.3) is 0 Å². The number of nitrogens with two attached hydrogens (primary N) is 1. The second-order valence-corrected chi connectivity index (χ2v) is 5.39. The molecule has 2 atom stereocenters. The largest absolute Gasteiger partial charge is 0.379 e. The van der Waals surface area contributed by atoms with Gasteiger partial charge in [-0.15, -0.1) is 0 Å². The maximum atomic E-state index is 6.30. The summed E-state index contributed by atoms with van der Waals surface area (Å²) >= 11 is 6.19. The molecule has 4 nitrogen and oxygen atoms in total. The summed E-state index contributed by atoms with van der Waals surface area (Å²) in [5, 5.41) is 4.92. The molecule has 0 saturated heterocycles. The Hall–Kier alpha value is -0.580. The molecule has 96 valence electrons. The van der Waals surface area contributed by atoms with Crippen molar-refractivity contribution >= 4 is 11.6 Å². The summed E-state index contributed by atoms with van der Waals surface area (Å²) in [5.74, 6) is 0.571. The average molecular weight is 258 g/mol. The molecule has 2 N–H and O–H groups in total. The van der Waals surface area contributed by atoms with E-state index in [1.165, 1.54) is 12.8 Å². The monoisotopic (exact) mass is 257 g/mol. The second kappa shape index (κ2) is 4.96. The molecule has 1 heterocycles. The highest BCUT2D eigenvalue weighted by Crippen LogP contribution is 2.40. The van der Waals surface area contributed by atoms with Gasteiger partial charge in [-0.1, -0.05) is 11.6 Å². The van der Waals surface area contributed by atoms with Gasteiger partial charge in [0.1, 0.15) is 0 Å². The van der Waals surface area contributed by atoms with E-state index in [1.807, 2.05) is 4.68 Å². The fraction of sp³-hybridized carbons (Fsp3) is 0.750. The van der Waals surface area contributed by atoms with Crippen LogP contribution in [0.15, 0.2) is 6.20 Å². The van der Waals surface area contributed by atoms with Crippen LogP contribution < -0.4 is 5.73 Å². The van der Waals surface area contributed by atoms with E-state index in [-0.39, 0.29) is 18.2 Å². The van der Waals surface area contributed by atoms with Gasteiger partial charge in [0.25, 0.3) is 0 Å². The summed E-state index contributed by atoms with van der Waals surface area (Å²) in [6.07, 6.45) is 4.09. The van der Waals surface area contributed by atoms with Crippen molar-refractivity contribution in [3.8, 4) is 0 Å². The zero-order chi connectivity index (χ0) is 12.6. The van der Waals surface area contributed by atoms with Gasteiger partial charge in [0.2, 0.25) is 0 Å². The highest BCUT2D eigenvalue weighted by Gasteiger charge is 2.38. The van der Waals surface area contributed by atoms with Gasteiger partial charge in [-0.05, 0) is 32.6 Å². The van der Waals surface area contributed by atoms with Crippen molar-refractivity contribution in [1.82, 2.24) is 9.78 Å². The molecule has 0 amide bonds. The first-order chi connectivity index (χ1) is 8.06. The first kappa shape index (κ1) is 12.9. The second-order valence-electron chi connectivity index (χ2n) is 4.98. The summed E-state index contributed by atoms with van der Waals surface area (Å²) in [6, 6.07) is 0.0464. The molecule has 2 unspecified atom stereocenters. The molecule has 1 aliphatic carbocycles. The van der Waals surface area contributed by atoms with Crippen LogP contribution in [0.5, 0.6) is 0 Å². The first-order valence-corrected chi connectivity index (χ1v) is 6.45. The third-order valence-electron chi connectivity index (χ3n) is 3.30. The van der Waals surface area contributed by atoms with Crippen LogP contribution in [0.2, 0.25) is 5.02 Å². The smallest absolute Gasteiger partial charge is 0.0835 e. The molecule has 0 aliphatic heterocycles. The van der Waals surface area contributed by atoms with Crippen molar-refractivity contribution in [1.29, 1.82) is 0 Å². The topological polar surface area (TPSA) is 53.1 Å². The number of hydrogen-bond donors (Lipinski definition) is 1. The fourth-order valence-corrected chi connectivity index (χ4v) is 2.54. The van der Waals surface area contributed by atoms with Crippen molar-refractivity contribution in [2.45, 2.75) is 44.9 Å². The highest BCUT2D eigenvalue weighted by molar-refractivity contribution is 6.31. The minimum atomic E-state index is -0.204. The van der Waals surface area contributed by atoms with E-state index in [9.17, 15) is 0 Å². The molecular weight excluding hydrogens is 238 g/mol. The van der Waals surface area contributed by atoms with Crippen LogP contribution >= 0.6 is 11.6 Å². The Morgan fingerprint density at radius 1 is 1.53 bits per heavy atom. The third kappa shape index (κ3) is 2.49. The number of aromatic nitrogens is 2. The normalized spacial score (nSPS) is 19.6. The molecule has 2 rings (SSSR count). The lowest BCUT2D eigenvalue weighted by molar-refractivity contribution is 0.0597. The number of hydrogen-bond acceptors (Lipinski definition) is 3. The van der Waals surface area contributed by atoms with Gasteiger partial charge in [0, 0.05) is 13.2 Å². The number of rotatable bonds is 5. The maximum absolute atomic E-state index is 6.30. The number of methoxy groups -OCH3 is 1. The molecule has 0 bridgehead atoms. The van der Waals surface area contributed by atoms with Crippen LogP contribution in [0.4, 0.5) is 0 Å². The molecule has 17 heavy (non-hydrogen) atoms. The van der Waals surface area contributed by atoms with E-state index in [1.54, 1.807) is 13.3 Å². The summed E-state index contributed by atoms with van der Waals surface area (Å²) in [5.41, 5.74) is 7.19. The van der Waals surface area contributed by atoms with Crippen molar-refractivity contribution < 1.29 is 4.74 Å². The van der Waals surface area contributed by atoms with Crippen LogP contribution in [-0.4, -0.2) is 23.0 Å². The van der Waals surface area contributed by atoms with Crippen molar-refractivity contribution in [3.63, 3.8) is 0 Å². The molecule has 0 radical (unpaired) electrons. The molecule has 0 spiro atoms. The molecule has 1 fully saturated rings. The molecule has 1 aromatic heterocycles. The lowest BCUT2D eigenvalue weighted by Crippen LogP contribution is -2.32. The molecule has 5 heteroatoms. The molecule has 1 saturated carbocycles. The Balaban J connectivity index is 2.28. The van der Waals surface area contributed by atoms with Gasteiger partial charge in [-0.3, -0.25) is 4.68 Å². The molecule has 1 aliphatic rings. The van der Waals surface area contributed by atoms with E-state index in [4.69, 9.17) is 22.1 Å². The Labute approximate surface area is 107 Å². The van der Waals surface area contributed by atoms with E-state index in [0.29, 0.717) is 10.9 Å². The molecule has 0 aromatic carbocycles. The quantitative estimate of drug-likeness (QED) is 0.882. The Kier molecular flexibility index (Phi) is 3.76. The number of ether oxygens (including phenoxy) is 1. The predicted molar refractivity (Wildman–Crippen MR) is 68.1 cm³/mol. The van der Waals surface area contributed by atoms with Crippen LogP contribution in [0.3, 0.4) is 0 Å². The van der Waals surface area contributed by atoms with Gasteiger partial charge >= 0.3 is 0 Å². The number of nitrogens with zero attached hydrogens (tertiary/aromatic N) is 2. The minimum absolute atomic E-state index is 0.0432. The highest BCUT2D eigenvalue weighted by atomic mass is 35.5. The lowest BCUT2D eigenvalue weighted by Gasteiger charge is -2.24. The Bertz CT molecular complexity index is 387. The van der Waals surface area contributed by atoms with Gasteiger partial charge in [0.05, 0.1) is 29.1 Å². The van der Waals surface area contributed by atoms with Crippen molar-refractivity contribution in [2.24, 2.45) is 11.7 Å². The summed E-state index contributed by atoms with van der Waals surface area (Å²) < 4.78 is 7.42. The van der Waals surface area contributed by atoms with Gasteiger partial charge in [-0.2, -0.15) is 5.10 Å². The van der Waals surface area contributed by atoms with Gasteiger partial charge in [0.15, 0.2) is 0 Å². The molecular formula is C12H20ClN3O. The van der Waals surface area contributed by atoms with E-state index < -0.39 is 0 Å². The van der Waals surface area contributed by atoms with Crippen LogP contribution in [0, 0.1) is 5.92 Å². The van der Waals surface area contributed by atoms with E-state index >= 15 is 0 Å². The van der Waals surface area contributed by atoms with Crippen molar-refractivity contribution in [3.05, 3.63) is 16.9 Å². The molecule has 1 aromatic rings. The zero-order valence-electron chi connectivity index (χ0n) is 10.6. The summed E-state index contributed by atoms with van der Waals surface area (Å²) in [7, 11) is 1.72. The average Bonchev–Trinajstić information content (AvgIpc) is 3.01. The zero-order valence-corrected chi connectivity index (χ0v) is 11.3. The van der Waals surface area contributed by atoms with Crippen LogP contribution in [-0.2, 0) is 4.74 Å². The predicted octanol–water partition coefficient (Wildman–Crippen LogP) is 2.54. The minimum Gasteiger partial charge on any atom is -0.379 e. The van der Waals surface area contributed by atoms with E-state index in [2.05, 4.69) is 18.9 Å². The SMILES string of the molecule is COC(C1CC1)C(N)c1c(Cl)cnn1C(C)C. The van der Waals surface area contributed by atoms with E-state index in [0.717, 1.165) is 5.69 Å². The Morgan fingerprint density at radius 2 is 2.18 bits per heavy atom. The standard InChI is InChI=1S/C12H20ClN3O/c1-7(2)16-11(9(13)6-15-16)10(14)12(17-3)8-4-5-8/h6-8,10,12H,4-5,14H2,1-3H3. The van der Waals surface area contributed by atoms with Gasteiger partial charge in [-0.25, -0.2) is 0 Å². The summed E-state index contributed by atoms with van der Waals surface area (Å²) in [6.45, 7) is 4.14. The van der Waals surface area contributed by atoms with Gasteiger partial charge < -0.3 is 10.5 Å². The van der Waals surface area contributed by atoms with Crippen LogP contribution in [0.1, 0.15) is 44.5 Å². The lowest BCUT2D eigenvalue weighted by atomic mass is 10.0. The first-order valence-electron chi connectivity index (χ1n) is 6.07. The third-order valence-corrected chi connectivity index (χ3v) is 3.60.